The molecule has 0 saturated carbocycles. The summed E-state index contributed by atoms with van der Waals surface area (Å²) in [5, 5.41) is 4.38. The van der Waals surface area contributed by atoms with E-state index in [0.717, 1.165) is 29.4 Å². The summed E-state index contributed by atoms with van der Waals surface area (Å²) >= 11 is 3.57. The molecule has 0 bridgehead atoms. The fourth-order valence-corrected chi connectivity index (χ4v) is 2.18. The first-order valence-corrected chi connectivity index (χ1v) is 6.19. The molecule has 1 aromatic heterocycles. The number of aryl methyl sites for hydroxylation is 2. The molecular weight excluding hydrogens is 254 g/mol. The summed E-state index contributed by atoms with van der Waals surface area (Å²) in [5.41, 5.74) is 8.43. The van der Waals surface area contributed by atoms with Crippen molar-refractivity contribution in [2.45, 2.75) is 45.6 Å². The van der Waals surface area contributed by atoms with Gasteiger partial charge in [-0.1, -0.05) is 13.8 Å². The van der Waals surface area contributed by atoms with Gasteiger partial charge >= 0.3 is 0 Å². The summed E-state index contributed by atoms with van der Waals surface area (Å²) in [6, 6.07) is 0. The molecule has 0 aliphatic carbocycles. The van der Waals surface area contributed by atoms with Crippen LogP contribution in [-0.2, 0) is 13.5 Å². The first-order valence-electron chi connectivity index (χ1n) is 5.40. The highest BCUT2D eigenvalue weighted by atomic mass is 79.9. The number of hydrogen-bond donors (Lipinski definition) is 1. The predicted octanol–water partition coefficient (Wildman–Crippen LogP) is 2.55. The number of rotatable bonds is 4. The first kappa shape index (κ1) is 12.7. The van der Waals surface area contributed by atoms with Gasteiger partial charge in [-0.25, -0.2) is 0 Å². The lowest BCUT2D eigenvalue weighted by Crippen LogP contribution is -2.41. The quantitative estimate of drug-likeness (QED) is 0.917. The van der Waals surface area contributed by atoms with Crippen LogP contribution in [0.15, 0.2) is 4.47 Å². The van der Waals surface area contributed by atoms with Gasteiger partial charge in [0.2, 0.25) is 0 Å². The summed E-state index contributed by atoms with van der Waals surface area (Å²) in [4.78, 5) is 0. The first-order chi connectivity index (χ1) is 6.93. The van der Waals surface area contributed by atoms with Gasteiger partial charge in [-0.05, 0) is 35.7 Å². The molecule has 2 N–H and O–H groups in total. The molecule has 0 radical (unpaired) electrons. The van der Waals surface area contributed by atoms with Crippen molar-refractivity contribution in [2.75, 3.05) is 0 Å². The minimum atomic E-state index is -0.108. The maximum atomic E-state index is 6.31. The van der Waals surface area contributed by atoms with Crippen LogP contribution >= 0.6 is 15.9 Å². The van der Waals surface area contributed by atoms with E-state index >= 15 is 0 Å². The van der Waals surface area contributed by atoms with Gasteiger partial charge in [-0.2, -0.15) is 5.10 Å². The van der Waals surface area contributed by atoms with Gasteiger partial charge in [0.1, 0.15) is 0 Å². The summed E-state index contributed by atoms with van der Waals surface area (Å²) in [6.45, 7) is 6.28. The molecule has 0 atom stereocenters. The Morgan fingerprint density at radius 3 is 2.27 bits per heavy atom. The van der Waals surface area contributed by atoms with E-state index in [1.54, 1.807) is 0 Å². The highest BCUT2D eigenvalue weighted by Gasteiger charge is 2.24. The molecule has 0 aliphatic heterocycles. The Morgan fingerprint density at radius 2 is 1.93 bits per heavy atom. The minimum Gasteiger partial charge on any atom is -0.325 e. The van der Waals surface area contributed by atoms with E-state index in [-0.39, 0.29) is 5.54 Å². The molecule has 1 rings (SSSR count). The predicted molar refractivity (Wildman–Crippen MR) is 66.8 cm³/mol. The Kier molecular flexibility index (Phi) is 3.95. The molecule has 3 nitrogen and oxygen atoms in total. The van der Waals surface area contributed by atoms with Crippen LogP contribution in [0.1, 0.15) is 38.1 Å². The van der Waals surface area contributed by atoms with Gasteiger partial charge in [0.05, 0.1) is 15.9 Å². The molecule has 0 saturated heterocycles. The fourth-order valence-electron chi connectivity index (χ4n) is 1.71. The highest BCUT2D eigenvalue weighted by Crippen LogP contribution is 2.26. The van der Waals surface area contributed by atoms with Crippen molar-refractivity contribution in [3.63, 3.8) is 0 Å². The smallest absolute Gasteiger partial charge is 0.0738 e. The Labute approximate surface area is 100 Å². The van der Waals surface area contributed by atoms with Crippen molar-refractivity contribution in [3.8, 4) is 0 Å². The zero-order valence-corrected chi connectivity index (χ0v) is 11.6. The lowest BCUT2D eigenvalue weighted by atomic mass is 9.89. The minimum absolute atomic E-state index is 0.108. The molecule has 86 valence electrons. The van der Waals surface area contributed by atoms with E-state index in [4.69, 9.17) is 5.73 Å². The standard InChI is InChI=1S/C11H20BrN3/c1-5-11(13,6-2)7-9-10(12)8(3)14-15(9)4/h5-7,13H2,1-4H3. The van der Waals surface area contributed by atoms with Crippen molar-refractivity contribution in [2.24, 2.45) is 12.8 Å². The highest BCUT2D eigenvalue weighted by molar-refractivity contribution is 9.10. The summed E-state index contributed by atoms with van der Waals surface area (Å²) in [6.07, 6.45) is 2.85. The second kappa shape index (κ2) is 4.66. The van der Waals surface area contributed by atoms with E-state index in [1.807, 2.05) is 18.7 Å². The van der Waals surface area contributed by atoms with Crippen molar-refractivity contribution < 1.29 is 0 Å². The van der Waals surface area contributed by atoms with Crippen molar-refractivity contribution in [1.29, 1.82) is 0 Å². The lowest BCUT2D eigenvalue weighted by Gasteiger charge is -2.26. The van der Waals surface area contributed by atoms with Crippen LogP contribution in [0, 0.1) is 6.92 Å². The Hall–Kier alpha value is -0.350. The van der Waals surface area contributed by atoms with Crippen molar-refractivity contribution >= 4 is 15.9 Å². The van der Waals surface area contributed by atoms with Crippen LogP contribution in [0.5, 0.6) is 0 Å². The van der Waals surface area contributed by atoms with Gasteiger partial charge in [-0.15, -0.1) is 0 Å². The molecule has 0 aliphatic rings. The number of halogens is 1. The number of hydrogen-bond acceptors (Lipinski definition) is 2. The van der Waals surface area contributed by atoms with Crippen LogP contribution in [0.25, 0.3) is 0 Å². The average molecular weight is 274 g/mol. The van der Waals surface area contributed by atoms with E-state index in [2.05, 4.69) is 34.9 Å². The Morgan fingerprint density at radius 1 is 1.40 bits per heavy atom. The Bertz CT molecular complexity index is 340. The molecule has 1 heterocycles. The lowest BCUT2D eigenvalue weighted by molar-refractivity contribution is 0.383. The molecule has 15 heavy (non-hydrogen) atoms. The van der Waals surface area contributed by atoms with E-state index in [9.17, 15) is 0 Å². The maximum absolute atomic E-state index is 6.31. The van der Waals surface area contributed by atoms with E-state index in [0.29, 0.717) is 0 Å². The third-order valence-electron chi connectivity index (χ3n) is 3.19. The second-order valence-corrected chi connectivity index (χ2v) is 5.01. The molecule has 0 spiro atoms. The summed E-state index contributed by atoms with van der Waals surface area (Å²) < 4.78 is 3.02. The SMILES string of the molecule is CCC(N)(CC)Cc1c(Br)c(C)nn1C. The summed E-state index contributed by atoms with van der Waals surface area (Å²) in [5.74, 6) is 0. The molecule has 0 amide bonds. The Balaban J connectivity index is 2.98. The van der Waals surface area contributed by atoms with Gasteiger partial charge in [0, 0.05) is 19.0 Å². The molecular formula is C11H20BrN3. The molecule has 0 fully saturated rings. The van der Waals surface area contributed by atoms with Crippen LogP contribution < -0.4 is 5.73 Å². The maximum Gasteiger partial charge on any atom is 0.0738 e. The molecule has 0 aromatic carbocycles. The largest absolute Gasteiger partial charge is 0.325 e. The second-order valence-electron chi connectivity index (χ2n) is 4.22. The van der Waals surface area contributed by atoms with Gasteiger partial charge in [0.25, 0.3) is 0 Å². The third kappa shape index (κ3) is 2.61. The number of aromatic nitrogens is 2. The van der Waals surface area contributed by atoms with Gasteiger partial charge in [0.15, 0.2) is 0 Å². The summed E-state index contributed by atoms with van der Waals surface area (Å²) in [7, 11) is 1.97. The molecule has 1 aromatic rings. The number of nitrogens with two attached hydrogens (primary N) is 1. The monoisotopic (exact) mass is 273 g/mol. The third-order valence-corrected chi connectivity index (χ3v) is 4.22. The van der Waals surface area contributed by atoms with E-state index in [1.165, 1.54) is 5.69 Å². The van der Waals surface area contributed by atoms with Crippen molar-refractivity contribution in [3.05, 3.63) is 15.9 Å². The topological polar surface area (TPSA) is 43.8 Å². The van der Waals surface area contributed by atoms with Crippen LogP contribution in [-0.4, -0.2) is 15.3 Å². The zero-order chi connectivity index (χ0) is 11.6. The molecule has 4 heteroatoms. The zero-order valence-electron chi connectivity index (χ0n) is 9.97. The van der Waals surface area contributed by atoms with Gasteiger partial charge in [-0.3, -0.25) is 4.68 Å². The van der Waals surface area contributed by atoms with Crippen LogP contribution in [0.2, 0.25) is 0 Å². The van der Waals surface area contributed by atoms with Gasteiger partial charge < -0.3 is 5.73 Å². The van der Waals surface area contributed by atoms with Crippen molar-refractivity contribution in [1.82, 2.24) is 9.78 Å². The van der Waals surface area contributed by atoms with Crippen LogP contribution in [0.4, 0.5) is 0 Å². The normalized spacial score (nSPS) is 12.1. The fraction of sp³-hybridized carbons (Fsp3) is 0.727. The van der Waals surface area contributed by atoms with E-state index < -0.39 is 0 Å². The van der Waals surface area contributed by atoms with Crippen LogP contribution in [0.3, 0.4) is 0 Å². The average Bonchev–Trinajstić information content (AvgIpc) is 2.45. The number of nitrogens with zero attached hydrogens (tertiary/aromatic N) is 2. The molecule has 0 unspecified atom stereocenters.